The van der Waals surface area contributed by atoms with Gasteiger partial charge < -0.3 is 19.4 Å². The van der Waals surface area contributed by atoms with Crippen molar-refractivity contribution in [2.45, 2.75) is 65.0 Å². The maximum absolute atomic E-state index is 12.3. The summed E-state index contributed by atoms with van der Waals surface area (Å²) >= 11 is 0. The zero-order chi connectivity index (χ0) is 23.2. The van der Waals surface area contributed by atoms with E-state index in [1.807, 2.05) is 20.8 Å². The Balaban J connectivity index is 1.30. The number of rotatable bonds is 3. The zero-order valence-electron chi connectivity index (χ0n) is 20.3. The van der Waals surface area contributed by atoms with Crippen LogP contribution in [0.1, 0.15) is 51.8 Å². The smallest absolute Gasteiger partial charge is 0.410 e. The minimum Gasteiger partial charge on any atom is -0.444 e. The molecule has 5 rings (SSSR count). The maximum atomic E-state index is 12.3. The fourth-order valence-corrected chi connectivity index (χ4v) is 4.90. The third-order valence-electron chi connectivity index (χ3n) is 6.94. The second-order valence-corrected chi connectivity index (χ2v) is 10.5. The zero-order valence-corrected chi connectivity index (χ0v) is 20.3. The predicted molar refractivity (Wildman–Crippen MR) is 131 cm³/mol. The monoisotopic (exact) mass is 449 g/mol. The van der Waals surface area contributed by atoms with Gasteiger partial charge in [0.15, 0.2) is 0 Å². The molecule has 0 bridgehead atoms. The van der Waals surface area contributed by atoms with Crippen LogP contribution in [0.3, 0.4) is 0 Å². The minimum atomic E-state index is -0.460. The number of piperazine rings is 1. The number of hydrogen-bond donors (Lipinski definition) is 0. The van der Waals surface area contributed by atoms with Crippen LogP contribution in [-0.2, 0) is 17.6 Å². The van der Waals surface area contributed by atoms with Crippen LogP contribution in [0, 0.1) is 0 Å². The molecule has 33 heavy (non-hydrogen) atoms. The molecule has 1 atom stereocenters. The Morgan fingerprint density at radius 1 is 1.00 bits per heavy atom. The number of ether oxygens (including phenoxy) is 1. The van der Waals surface area contributed by atoms with Gasteiger partial charge in [-0.15, -0.1) is 0 Å². The van der Waals surface area contributed by atoms with Crippen molar-refractivity contribution < 1.29 is 9.53 Å². The molecule has 3 aliphatic rings. The van der Waals surface area contributed by atoms with Crippen molar-refractivity contribution >= 4 is 17.7 Å². The molecule has 3 heterocycles. The lowest BCUT2D eigenvalue weighted by Gasteiger charge is -2.39. The number of aryl methyl sites for hydroxylation is 1. The summed E-state index contributed by atoms with van der Waals surface area (Å²) in [4.78, 5) is 28.7. The molecule has 2 aliphatic heterocycles. The third kappa shape index (κ3) is 4.50. The minimum absolute atomic E-state index is 0.220. The molecule has 0 N–H and O–H groups in total. The SMILES string of the molecule is C[C@H]1CCN1c1nc2c(c(-c3ccc(N4CCN(C(=O)OC(C)(C)C)CC4)cc3)n1)CCC2. The molecule has 2 aromatic rings. The second-order valence-electron chi connectivity index (χ2n) is 10.5. The van der Waals surface area contributed by atoms with Crippen molar-refractivity contribution in [3.63, 3.8) is 0 Å². The van der Waals surface area contributed by atoms with Gasteiger partial charge in [-0.1, -0.05) is 12.1 Å². The summed E-state index contributed by atoms with van der Waals surface area (Å²) in [7, 11) is 0. The van der Waals surface area contributed by atoms with Crippen LogP contribution < -0.4 is 9.80 Å². The van der Waals surface area contributed by atoms with Crippen LogP contribution in [0.15, 0.2) is 24.3 Å². The molecular formula is C26H35N5O2. The molecule has 1 aromatic heterocycles. The van der Waals surface area contributed by atoms with E-state index in [-0.39, 0.29) is 6.09 Å². The number of aromatic nitrogens is 2. The second kappa shape index (κ2) is 8.50. The molecule has 0 saturated carbocycles. The van der Waals surface area contributed by atoms with Gasteiger partial charge in [-0.05, 0) is 65.5 Å². The lowest BCUT2D eigenvalue weighted by molar-refractivity contribution is 0.0240. The topological polar surface area (TPSA) is 61.8 Å². The van der Waals surface area contributed by atoms with Crippen LogP contribution >= 0.6 is 0 Å². The van der Waals surface area contributed by atoms with Crippen molar-refractivity contribution in [1.82, 2.24) is 14.9 Å². The van der Waals surface area contributed by atoms with Crippen LogP contribution in [0.2, 0.25) is 0 Å². The van der Waals surface area contributed by atoms with Crippen LogP contribution in [-0.4, -0.2) is 65.3 Å². The summed E-state index contributed by atoms with van der Waals surface area (Å²) in [6, 6.07) is 9.29. The van der Waals surface area contributed by atoms with Crippen molar-refractivity contribution in [3.05, 3.63) is 35.5 Å². The number of anilines is 2. The summed E-state index contributed by atoms with van der Waals surface area (Å²) < 4.78 is 5.52. The van der Waals surface area contributed by atoms with E-state index in [4.69, 9.17) is 14.7 Å². The average Bonchev–Trinajstić information content (AvgIpc) is 3.25. The highest BCUT2D eigenvalue weighted by molar-refractivity contribution is 5.70. The van der Waals surface area contributed by atoms with Crippen molar-refractivity contribution in [2.75, 3.05) is 42.5 Å². The fourth-order valence-electron chi connectivity index (χ4n) is 4.90. The van der Waals surface area contributed by atoms with E-state index >= 15 is 0 Å². The number of hydrogen-bond acceptors (Lipinski definition) is 6. The normalized spacial score (nSPS) is 20.5. The van der Waals surface area contributed by atoms with Crippen molar-refractivity contribution in [2.24, 2.45) is 0 Å². The molecule has 1 aromatic carbocycles. The van der Waals surface area contributed by atoms with E-state index in [2.05, 4.69) is 41.0 Å². The number of nitrogens with zero attached hydrogens (tertiary/aromatic N) is 5. The van der Waals surface area contributed by atoms with E-state index in [0.717, 1.165) is 50.5 Å². The molecule has 1 aliphatic carbocycles. The molecule has 176 valence electrons. The largest absolute Gasteiger partial charge is 0.444 e. The highest BCUT2D eigenvalue weighted by Crippen LogP contribution is 2.34. The lowest BCUT2D eigenvalue weighted by Crippen LogP contribution is -2.50. The van der Waals surface area contributed by atoms with E-state index < -0.39 is 5.60 Å². The van der Waals surface area contributed by atoms with E-state index in [9.17, 15) is 4.79 Å². The Morgan fingerprint density at radius 2 is 1.73 bits per heavy atom. The van der Waals surface area contributed by atoms with Crippen LogP contribution in [0.4, 0.5) is 16.4 Å². The first kappa shape index (κ1) is 22.0. The van der Waals surface area contributed by atoms with Gasteiger partial charge >= 0.3 is 6.09 Å². The first-order valence-corrected chi connectivity index (χ1v) is 12.3. The van der Waals surface area contributed by atoms with E-state index in [1.165, 1.54) is 28.9 Å². The van der Waals surface area contributed by atoms with E-state index in [1.54, 1.807) is 4.90 Å². The van der Waals surface area contributed by atoms with Gasteiger partial charge in [-0.2, -0.15) is 0 Å². The summed E-state index contributed by atoms with van der Waals surface area (Å²) in [5.41, 5.74) is 5.56. The Morgan fingerprint density at radius 3 is 2.33 bits per heavy atom. The van der Waals surface area contributed by atoms with Crippen molar-refractivity contribution in [1.29, 1.82) is 0 Å². The molecule has 2 fully saturated rings. The molecule has 1 amide bonds. The Hall–Kier alpha value is -2.83. The van der Waals surface area contributed by atoms with Gasteiger partial charge in [0.2, 0.25) is 5.95 Å². The summed E-state index contributed by atoms with van der Waals surface area (Å²) in [5.74, 6) is 0.895. The van der Waals surface area contributed by atoms with Gasteiger partial charge in [-0.25, -0.2) is 14.8 Å². The average molecular weight is 450 g/mol. The lowest BCUT2D eigenvalue weighted by atomic mass is 10.0. The predicted octanol–water partition coefficient (Wildman–Crippen LogP) is 4.29. The van der Waals surface area contributed by atoms with E-state index in [0.29, 0.717) is 19.1 Å². The summed E-state index contributed by atoms with van der Waals surface area (Å²) in [6.45, 7) is 12.0. The van der Waals surface area contributed by atoms with Gasteiger partial charge in [0.05, 0.1) is 5.69 Å². The van der Waals surface area contributed by atoms with Gasteiger partial charge in [0, 0.05) is 61.3 Å². The van der Waals surface area contributed by atoms with Crippen molar-refractivity contribution in [3.8, 4) is 11.3 Å². The molecule has 7 nitrogen and oxygen atoms in total. The molecular weight excluding hydrogens is 414 g/mol. The van der Waals surface area contributed by atoms with Gasteiger partial charge in [-0.3, -0.25) is 0 Å². The molecule has 0 spiro atoms. The summed E-state index contributed by atoms with van der Waals surface area (Å²) in [6.07, 6.45) is 4.28. The highest BCUT2D eigenvalue weighted by Gasteiger charge is 2.29. The maximum Gasteiger partial charge on any atom is 0.410 e. The Bertz CT molecular complexity index is 1020. The Kier molecular flexibility index (Phi) is 5.67. The standard InChI is InChI=1S/C26H35N5O2/c1-18-12-13-31(18)24-27-22-7-5-6-21(22)23(28-24)19-8-10-20(11-9-19)29-14-16-30(17-15-29)25(32)33-26(2,3)4/h8-11,18H,5-7,12-17H2,1-4H3/t18-/m0/s1. The fraction of sp³-hybridized carbons (Fsp3) is 0.577. The Labute approximate surface area is 196 Å². The highest BCUT2D eigenvalue weighted by atomic mass is 16.6. The number of amides is 1. The van der Waals surface area contributed by atoms with Crippen LogP contribution in [0.5, 0.6) is 0 Å². The first-order valence-electron chi connectivity index (χ1n) is 12.3. The molecule has 0 radical (unpaired) electrons. The summed E-state index contributed by atoms with van der Waals surface area (Å²) in [5, 5.41) is 0. The first-order chi connectivity index (χ1) is 15.8. The van der Waals surface area contributed by atoms with Crippen LogP contribution in [0.25, 0.3) is 11.3 Å². The number of benzene rings is 1. The molecule has 7 heteroatoms. The third-order valence-corrected chi connectivity index (χ3v) is 6.94. The number of carbonyl (C=O) groups is 1. The van der Waals surface area contributed by atoms with Gasteiger partial charge in [0.1, 0.15) is 5.60 Å². The molecule has 0 unspecified atom stereocenters. The molecule has 2 saturated heterocycles. The number of fused-ring (bicyclic) bond motifs is 1. The van der Waals surface area contributed by atoms with Gasteiger partial charge in [0.25, 0.3) is 0 Å². The number of carbonyl (C=O) groups excluding carboxylic acids is 1. The quantitative estimate of drug-likeness (QED) is 0.697.